The molecule has 1 aromatic heterocycles. The minimum Gasteiger partial charge on any atom is -0.496 e. The van der Waals surface area contributed by atoms with Gasteiger partial charge in [-0.2, -0.15) is 0 Å². The molecule has 0 aliphatic carbocycles. The Labute approximate surface area is 106 Å². The standard InChI is InChI=1S/C13H17N3O2/c1-13(2,3)9-7-8(5-6-10(9)17-4)11-12(14)16-18-15-11/h5-7H,1-4H3,(H2,14,16). The minimum absolute atomic E-state index is 0.0344. The summed E-state index contributed by atoms with van der Waals surface area (Å²) in [5.74, 6) is 1.14. The number of benzene rings is 1. The molecule has 5 heteroatoms. The maximum atomic E-state index is 5.70. The van der Waals surface area contributed by atoms with Crippen LogP contribution in [-0.2, 0) is 5.41 Å². The lowest BCUT2D eigenvalue weighted by molar-refractivity contribution is 0.310. The molecule has 2 N–H and O–H groups in total. The maximum absolute atomic E-state index is 5.70. The monoisotopic (exact) mass is 247 g/mol. The average Bonchev–Trinajstić information content (AvgIpc) is 2.73. The molecule has 1 heterocycles. The number of ether oxygens (including phenoxy) is 1. The maximum Gasteiger partial charge on any atom is 0.196 e. The van der Waals surface area contributed by atoms with Crippen molar-refractivity contribution in [3.8, 4) is 17.0 Å². The van der Waals surface area contributed by atoms with Gasteiger partial charge < -0.3 is 10.5 Å². The predicted molar refractivity (Wildman–Crippen MR) is 69.4 cm³/mol. The van der Waals surface area contributed by atoms with E-state index in [1.54, 1.807) is 7.11 Å². The van der Waals surface area contributed by atoms with E-state index in [0.717, 1.165) is 16.9 Å². The fourth-order valence-corrected chi connectivity index (χ4v) is 1.84. The first kappa shape index (κ1) is 12.4. The molecule has 0 aliphatic rings. The largest absolute Gasteiger partial charge is 0.496 e. The molecule has 5 nitrogen and oxygen atoms in total. The van der Waals surface area contributed by atoms with Gasteiger partial charge in [-0.3, -0.25) is 0 Å². The van der Waals surface area contributed by atoms with Crippen LogP contribution in [0.4, 0.5) is 5.82 Å². The SMILES string of the molecule is COc1ccc(-c2nonc2N)cc1C(C)(C)C. The number of methoxy groups -OCH3 is 1. The van der Waals surface area contributed by atoms with Crippen molar-refractivity contribution in [3.05, 3.63) is 23.8 Å². The number of rotatable bonds is 2. The van der Waals surface area contributed by atoms with Crippen LogP contribution < -0.4 is 10.5 Å². The van der Waals surface area contributed by atoms with Crippen molar-refractivity contribution >= 4 is 5.82 Å². The summed E-state index contributed by atoms with van der Waals surface area (Å²) in [7, 11) is 1.66. The number of aromatic nitrogens is 2. The van der Waals surface area contributed by atoms with Crippen LogP contribution in [-0.4, -0.2) is 17.4 Å². The molecule has 0 fully saturated rings. The van der Waals surface area contributed by atoms with E-state index >= 15 is 0 Å². The van der Waals surface area contributed by atoms with Gasteiger partial charge in [0.1, 0.15) is 5.75 Å². The number of anilines is 1. The topological polar surface area (TPSA) is 74.2 Å². The second-order valence-electron chi connectivity index (χ2n) is 5.16. The molecular weight excluding hydrogens is 230 g/mol. The third kappa shape index (κ3) is 2.16. The van der Waals surface area contributed by atoms with E-state index in [4.69, 9.17) is 10.5 Å². The van der Waals surface area contributed by atoms with Gasteiger partial charge >= 0.3 is 0 Å². The summed E-state index contributed by atoms with van der Waals surface area (Å²) in [6.07, 6.45) is 0. The van der Waals surface area contributed by atoms with Gasteiger partial charge in [0.05, 0.1) is 7.11 Å². The van der Waals surface area contributed by atoms with Gasteiger partial charge in [-0.05, 0) is 33.9 Å². The molecular formula is C13H17N3O2. The lowest BCUT2D eigenvalue weighted by Crippen LogP contribution is -2.13. The van der Waals surface area contributed by atoms with Gasteiger partial charge in [-0.1, -0.05) is 20.8 Å². The Bertz CT molecular complexity index is 556. The summed E-state index contributed by atoms with van der Waals surface area (Å²) in [4.78, 5) is 0. The van der Waals surface area contributed by atoms with Crippen molar-refractivity contribution < 1.29 is 9.37 Å². The van der Waals surface area contributed by atoms with Crippen LogP contribution in [0.1, 0.15) is 26.3 Å². The van der Waals surface area contributed by atoms with Gasteiger partial charge in [0.2, 0.25) is 0 Å². The highest BCUT2D eigenvalue weighted by Gasteiger charge is 2.21. The predicted octanol–water partition coefficient (Wildman–Crippen LogP) is 2.62. The fourth-order valence-electron chi connectivity index (χ4n) is 1.84. The molecule has 0 saturated carbocycles. The van der Waals surface area contributed by atoms with Crippen molar-refractivity contribution in [3.63, 3.8) is 0 Å². The molecule has 0 spiro atoms. The lowest BCUT2D eigenvalue weighted by Gasteiger charge is -2.22. The first-order valence-electron chi connectivity index (χ1n) is 5.70. The molecule has 96 valence electrons. The molecule has 0 radical (unpaired) electrons. The van der Waals surface area contributed by atoms with Gasteiger partial charge in [-0.25, -0.2) is 4.63 Å². The van der Waals surface area contributed by atoms with Crippen molar-refractivity contribution in [2.24, 2.45) is 0 Å². The number of nitrogen functional groups attached to an aromatic ring is 1. The van der Waals surface area contributed by atoms with Crippen LogP contribution in [0.5, 0.6) is 5.75 Å². The van der Waals surface area contributed by atoms with E-state index in [-0.39, 0.29) is 5.41 Å². The molecule has 0 saturated heterocycles. The average molecular weight is 247 g/mol. The molecule has 2 aromatic rings. The second kappa shape index (κ2) is 4.33. The number of nitrogens with zero attached hydrogens (tertiary/aromatic N) is 2. The minimum atomic E-state index is -0.0344. The van der Waals surface area contributed by atoms with E-state index in [2.05, 4.69) is 35.7 Å². The Kier molecular flexibility index (Phi) is 2.98. The van der Waals surface area contributed by atoms with Crippen LogP contribution in [0.25, 0.3) is 11.3 Å². The van der Waals surface area contributed by atoms with Gasteiger partial charge in [-0.15, -0.1) is 0 Å². The van der Waals surface area contributed by atoms with Crippen LogP contribution >= 0.6 is 0 Å². The third-order valence-electron chi connectivity index (χ3n) is 2.79. The Morgan fingerprint density at radius 3 is 2.44 bits per heavy atom. The summed E-state index contributed by atoms with van der Waals surface area (Å²) in [5, 5.41) is 7.40. The first-order chi connectivity index (χ1) is 8.43. The molecule has 18 heavy (non-hydrogen) atoms. The van der Waals surface area contributed by atoms with Crippen molar-refractivity contribution in [2.75, 3.05) is 12.8 Å². The van der Waals surface area contributed by atoms with Crippen molar-refractivity contribution in [1.29, 1.82) is 0 Å². The smallest absolute Gasteiger partial charge is 0.196 e. The van der Waals surface area contributed by atoms with Crippen molar-refractivity contribution in [1.82, 2.24) is 10.3 Å². The molecule has 2 rings (SSSR count). The highest BCUT2D eigenvalue weighted by atomic mass is 16.6. The Balaban J connectivity index is 2.57. The first-order valence-corrected chi connectivity index (χ1v) is 5.70. The Morgan fingerprint density at radius 2 is 1.94 bits per heavy atom. The van der Waals surface area contributed by atoms with E-state index in [1.807, 2.05) is 18.2 Å². The fraction of sp³-hybridized carbons (Fsp3) is 0.385. The molecule has 0 aliphatic heterocycles. The molecule has 0 bridgehead atoms. The van der Waals surface area contributed by atoms with Crippen molar-refractivity contribution in [2.45, 2.75) is 26.2 Å². The van der Waals surface area contributed by atoms with Crippen LogP contribution in [0.3, 0.4) is 0 Å². The van der Waals surface area contributed by atoms with Crippen LogP contribution in [0, 0.1) is 0 Å². The van der Waals surface area contributed by atoms with Crippen LogP contribution in [0.2, 0.25) is 0 Å². The number of nitrogens with two attached hydrogens (primary N) is 1. The van der Waals surface area contributed by atoms with Gasteiger partial charge in [0, 0.05) is 11.1 Å². The number of hydrogen-bond donors (Lipinski definition) is 1. The highest BCUT2D eigenvalue weighted by molar-refractivity contribution is 5.70. The molecule has 1 aromatic carbocycles. The lowest BCUT2D eigenvalue weighted by atomic mass is 9.85. The summed E-state index contributed by atoms with van der Waals surface area (Å²) < 4.78 is 10.0. The molecule has 0 amide bonds. The summed E-state index contributed by atoms with van der Waals surface area (Å²) in [6, 6.07) is 5.81. The molecule has 0 unspecified atom stereocenters. The van der Waals surface area contributed by atoms with E-state index in [0.29, 0.717) is 11.5 Å². The van der Waals surface area contributed by atoms with E-state index in [9.17, 15) is 0 Å². The third-order valence-corrected chi connectivity index (χ3v) is 2.79. The zero-order valence-electron chi connectivity index (χ0n) is 11.0. The molecule has 0 atom stereocenters. The zero-order chi connectivity index (χ0) is 13.3. The highest BCUT2D eigenvalue weighted by Crippen LogP contribution is 2.35. The van der Waals surface area contributed by atoms with Gasteiger partial charge in [0.15, 0.2) is 11.5 Å². The van der Waals surface area contributed by atoms with Gasteiger partial charge in [0.25, 0.3) is 0 Å². The Hall–Kier alpha value is -2.04. The normalized spacial score (nSPS) is 11.6. The zero-order valence-corrected chi connectivity index (χ0v) is 11.0. The Morgan fingerprint density at radius 1 is 1.22 bits per heavy atom. The number of hydrogen-bond acceptors (Lipinski definition) is 5. The quantitative estimate of drug-likeness (QED) is 0.883. The summed E-state index contributed by atoms with van der Waals surface area (Å²) in [6.45, 7) is 6.37. The summed E-state index contributed by atoms with van der Waals surface area (Å²) >= 11 is 0. The van der Waals surface area contributed by atoms with Crippen LogP contribution in [0.15, 0.2) is 22.8 Å². The van der Waals surface area contributed by atoms with E-state index < -0.39 is 0 Å². The second-order valence-corrected chi connectivity index (χ2v) is 5.16. The summed E-state index contributed by atoms with van der Waals surface area (Å²) in [5.41, 5.74) is 8.19. The van der Waals surface area contributed by atoms with E-state index in [1.165, 1.54) is 0 Å².